The van der Waals surface area contributed by atoms with E-state index in [1.165, 1.54) is 23.9 Å². The van der Waals surface area contributed by atoms with Gasteiger partial charge in [-0.3, -0.25) is 15.2 Å². The lowest BCUT2D eigenvalue weighted by Crippen LogP contribution is -1.98. The first kappa shape index (κ1) is 22.9. The third-order valence-corrected chi connectivity index (χ3v) is 6.13. The zero-order valence-electron chi connectivity index (χ0n) is 16.2. The summed E-state index contributed by atoms with van der Waals surface area (Å²) in [4.78, 5) is 28.2. The molecule has 31 heavy (non-hydrogen) atoms. The molecule has 2 aromatic carbocycles. The van der Waals surface area contributed by atoms with Crippen LogP contribution in [0, 0.1) is 10.1 Å². The van der Waals surface area contributed by atoms with Gasteiger partial charge in [0, 0.05) is 22.4 Å². The van der Waals surface area contributed by atoms with E-state index in [0.717, 1.165) is 23.1 Å². The molecule has 3 rings (SSSR count). The van der Waals surface area contributed by atoms with Crippen molar-refractivity contribution in [1.82, 2.24) is 15.2 Å². The third kappa shape index (κ3) is 6.33. The van der Waals surface area contributed by atoms with Gasteiger partial charge in [-0.25, -0.2) is 9.78 Å². The molecule has 0 radical (unpaired) electrons. The molecule has 0 atom stereocenters. The van der Waals surface area contributed by atoms with Crippen molar-refractivity contribution in [3.8, 4) is 0 Å². The number of benzene rings is 2. The van der Waals surface area contributed by atoms with Gasteiger partial charge in [0.05, 0.1) is 9.82 Å². The molecule has 0 saturated carbocycles. The number of carboxylic acid groups (broad SMARTS) is 1. The minimum atomic E-state index is -1.17. The SMILES string of the molecule is CCCc1nc(S/C(=C/c2ccc(Sc3ccc(Cl)cc3)c([N+](=O)[O-])c2)C(=O)O)n[nH]1. The summed E-state index contributed by atoms with van der Waals surface area (Å²) in [5, 5.41) is 28.8. The number of carboxylic acids is 1. The van der Waals surface area contributed by atoms with Crippen molar-refractivity contribution in [3.63, 3.8) is 0 Å². The number of aromatic nitrogens is 3. The highest BCUT2D eigenvalue weighted by Crippen LogP contribution is 2.36. The molecule has 0 spiro atoms. The first-order valence-corrected chi connectivity index (χ1v) is 11.1. The fourth-order valence-corrected chi connectivity index (χ4v) is 4.29. The molecule has 0 aliphatic carbocycles. The Morgan fingerprint density at radius 2 is 2.03 bits per heavy atom. The van der Waals surface area contributed by atoms with Gasteiger partial charge in [0.2, 0.25) is 5.16 Å². The molecule has 0 saturated heterocycles. The summed E-state index contributed by atoms with van der Waals surface area (Å²) in [7, 11) is 0. The molecular weight excluding hydrogens is 460 g/mol. The Hall–Kier alpha value is -2.82. The Labute approximate surface area is 191 Å². The van der Waals surface area contributed by atoms with Crippen molar-refractivity contribution in [2.75, 3.05) is 0 Å². The third-order valence-electron chi connectivity index (χ3n) is 3.93. The highest BCUT2D eigenvalue weighted by atomic mass is 35.5. The lowest BCUT2D eigenvalue weighted by molar-refractivity contribution is -0.387. The van der Waals surface area contributed by atoms with Crippen LogP contribution in [0.5, 0.6) is 0 Å². The van der Waals surface area contributed by atoms with Gasteiger partial charge in [-0.05, 0) is 60.2 Å². The van der Waals surface area contributed by atoms with Crippen LogP contribution in [0.25, 0.3) is 6.08 Å². The Balaban J connectivity index is 1.87. The smallest absolute Gasteiger partial charge is 0.342 e. The second kappa shape index (κ2) is 10.5. The van der Waals surface area contributed by atoms with Crippen molar-refractivity contribution >= 4 is 52.9 Å². The number of nitro groups is 1. The number of carbonyl (C=O) groups is 1. The van der Waals surface area contributed by atoms with Gasteiger partial charge in [-0.1, -0.05) is 36.4 Å². The lowest BCUT2D eigenvalue weighted by Gasteiger charge is -2.05. The van der Waals surface area contributed by atoms with Crippen LogP contribution in [0.2, 0.25) is 5.02 Å². The minimum absolute atomic E-state index is 0.0468. The van der Waals surface area contributed by atoms with Gasteiger partial charge in [-0.2, -0.15) is 0 Å². The number of aromatic amines is 1. The number of nitrogens with zero attached hydrogens (tertiary/aromatic N) is 3. The average molecular weight is 477 g/mol. The van der Waals surface area contributed by atoms with E-state index >= 15 is 0 Å². The maximum atomic E-state index is 11.7. The molecule has 2 N–H and O–H groups in total. The number of halogens is 1. The Bertz CT molecular complexity index is 1130. The maximum absolute atomic E-state index is 11.7. The van der Waals surface area contributed by atoms with Gasteiger partial charge in [0.15, 0.2) is 0 Å². The number of aliphatic carboxylic acids is 1. The molecule has 0 aliphatic heterocycles. The van der Waals surface area contributed by atoms with Gasteiger partial charge >= 0.3 is 5.97 Å². The second-order valence-electron chi connectivity index (χ2n) is 6.27. The number of nitrogens with one attached hydrogen (secondary N) is 1. The van der Waals surface area contributed by atoms with Crippen LogP contribution in [0.4, 0.5) is 5.69 Å². The highest BCUT2D eigenvalue weighted by molar-refractivity contribution is 8.04. The number of nitro benzene ring substituents is 1. The van der Waals surface area contributed by atoms with E-state index in [1.807, 2.05) is 6.92 Å². The average Bonchev–Trinajstić information content (AvgIpc) is 3.17. The molecule has 0 unspecified atom stereocenters. The molecule has 0 amide bonds. The zero-order chi connectivity index (χ0) is 22.4. The summed E-state index contributed by atoms with van der Waals surface area (Å²) in [6, 6.07) is 11.5. The molecule has 11 heteroatoms. The van der Waals surface area contributed by atoms with Gasteiger partial charge in [-0.15, -0.1) is 5.10 Å². The first-order chi connectivity index (χ1) is 14.9. The summed E-state index contributed by atoms with van der Waals surface area (Å²) in [5.41, 5.74) is 0.271. The number of rotatable bonds is 9. The summed E-state index contributed by atoms with van der Waals surface area (Å²) in [5.74, 6) is -0.497. The largest absolute Gasteiger partial charge is 0.477 e. The van der Waals surface area contributed by atoms with Crippen LogP contribution < -0.4 is 0 Å². The molecule has 3 aromatic rings. The van der Waals surface area contributed by atoms with Crippen molar-refractivity contribution in [1.29, 1.82) is 0 Å². The Morgan fingerprint density at radius 1 is 1.29 bits per heavy atom. The predicted molar refractivity (Wildman–Crippen MR) is 121 cm³/mol. The normalized spacial score (nSPS) is 11.5. The number of thioether (sulfide) groups is 1. The van der Waals surface area contributed by atoms with Crippen LogP contribution in [-0.2, 0) is 11.2 Å². The van der Waals surface area contributed by atoms with E-state index in [9.17, 15) is 20.0 Å². The van der Waals surface area contributed by atoms with Crippen molar-refractivity contribution in [2.24, 2.45) is 0 Å². The van der Waals surface area contributed by atoms with Crippen LogP contribution in [0.1, 0.15) is 24.7 Å². The van der Waals surface area contributed by atoms with Gasteiger partial charge in [0.25, 0.3) is 5.69 Å². The van der Waals surface area contributed by atoms with E-state index in [4.69, 9.17) is 11.6 Å². The fourth-order valence-electron chi connectivity index (χ4n) is 2.54. The summed E-state index contributed by atoms with van der Waals surface area (Å²) in [6.45, 7) is 2.00. The molecule has 0 aliphatic rings. The highest BCUT2D eigenvalue weighted by Gasteiger charge is 2.18. The number of aryl methyl sites for hydroxylation is 1. The van der Waals surface area contributed by atoms with Crippen molar-refractivity contribution < 1.29 is 14.8 Å². The lowest BCUT2D eigenvalue weighted by atomic mass is 10.2. The van der Waals surface area contributed by atoms with Crippen LogP contribution in [0.3, 0.4) is 0 Å². The van der Waals surface area contributed by atoms with Crippen molar-refractivity contribution in [2.45, 2.75) is 34.7 Å². The molecule has 0 fully saturated rings. The van der Waals surface area contributed by atoms with Crippen LogP contribution >= 0.6 is 35.1 Å². The van der Waals surface area contributed by atoms with E-state index in [1.54, 1.807) is 36.4 Å². The fraction of sp³-hybridized carbons (Fsp3) is 0.150. The number of hydrogen-bond donors (Lipinski definition) is 2. The van der Waals surface area contributed by atoms with Crippen LogP contribution in [-0.4, -0.2) is 31.2 Å². The molecule has 1 aromatic heterocycles. The van der Waals surface area contributed by atoms with E-state index in [0.29, 0.717) is 27.7 Å². The van der Waals surface area contributed by atoms with E-state index < -0.39 is 10.9 Å². The topological polar surface area (TPSA) is 122 Å². The van der Waals surface area contributed by atoms with E-state index in [-0.39, 0.29) is 15.7 Å². The summed E-state index contributed by atoms with van der Waals surface area (Å²) >= 11 is 7.99. The zero-order valence-corrected chi connectivity index (χ0v) is 18.6. The van der Waals surface area contributed by atoms with Crippen molar-refractivity contribution in [3.05, 3.63) is 73.9 Å². The quantitative estimate of drug-likeness (QED) is 0.175. The number of hydrogen-bond acceptors (Lipinski definition) is 7. The van der Waals surface area contributed by atoms with Gasteiger partial charge in [0.1, 0.15) is 10.7 Å². The Kier molecular flexibility index (Phi) is 7.72. The molecule has 0 bridgehead atoms. The molecule has 160 valence electrons. The van der Waals surface area contributed by atoms with E-state index in [2.05, 4.69) is 15.2 Å². The minimum Gasteiger partial charge on any atom is -0.477 e. The second-order valence-corrected chi connectivity index (χ2v) is 8.83. The first-order valence-electron chi connectivity index (χ1n) is 9.11. The van der Waals surface area contributed by atoms with Gasteiger partial charge < -0.3 is 5.11 Å². The monoisotopic (exact) mass is 476 g/mol. The molecule has 1 heterocycles. The Morgan fingerprint density at radius 3 is 2.68 bits per heavy atom. The number of H-pyrrole nitrogens is 1. The summed E-state index contributed by atoms with van der Waals surface area (Å²) in [6.07, 6.45) is 2.95. The molecule has 8 nitrogen and oxygen atoms in total. The van der Waals surface area contributed by atoms with Crippen LogP contribution in [0.15, 0.2) is 62.3 Å². The standard InChI is InChI=1S/C20H17ClN4O4S2/c1-2-3-18-22-20(24-23-18)31-17(19(26)27)11-12-4-9-16(15(10-12)25(28)29)30-14-7-5-13(21)6-8-14/h4-11H,2-3H2,1H3,(H,26,27)(H,22,23,24)/b17-11+. The predicted octanol–water partition coefficient (Wildman–Crippen LogP) is 5.69. The maximum Gasteiger partial charge on any atom is 0.342 e. The molecular formula is C20H17ClN4O4S2. The summed E-state index contributed by atoms with van der Waals surface area (Å²) < 4.78 is 0.